The van der Waals surface area contributed by atoms with Crippen molar-refractivity contribution in [1.82, 2.24) is 0 Å². The van der Waals surface area contributed by atoms with Crippen molar-refractivity contribution in [2.24, 2.45) is 11.3 Å². The van der Waals surface area contributed by atoms with Gasteiger partial charge in [-0.25, -0.2) is 9.78 Å². The third-order valence-corrected chi connectivity index (χ3v) is 3.81. The summed E-state index contributed by atoms with van der Waals surface area (Å²) < 4.78 is 0. The number of allylic oxidation sites excluding steroid dienone is 2. The van der Waals surface area contributed by atoms with Crippen molar-refractivity contribution in [1.29, 1.82) is 0 Å². The van der Waals surface area contributed by atoms with Crippen molar-refractivity contribution in [2.75, 3.05) is 0 Å². The van der Waals surface area contributed by atoms with Gasteiger partial charge in [0.05, 0.1) is 5.60 Å². The molecular weight excluding hydrogens is 216 g/mol. The van der Waals surface area contributed by atoms with Gasteiger partial charge in [0.2, 0.25) is 0 Å². The summed E-state index contributed by atoms with van der Waals surface area (Å²) in [5, 5.41) is 0. The maximum Gasteiger partial charge on any atom is 0.142 e. The number of Topliss-reactive ketones (excluding diaryl/α,β-unsaturated/α-hetero) is 1. The third kappa shape index (κ3) is 2.45. The van der Waals surface area contributed by atoms with Crippen LogP contribution in [0, 0.1) is 11.3 Å². The maximum atomic E-state index is 12.1. The Balaban J connectivity index is 2.06. The minimum absolute atomic E-state index is 0.0864. The average molecular weight is 238 g/mol. The predicted molar refractivity (Wildman–Crippen MR) is 65.3 cm³/mol. The quantitative estimate of drug-likeness (QED) is 0.421. The standard InChI is InChI=1S/C14H22O3/c1-13(2,3)17-16-11-9-12(15)14(4)8-6-5-7-10(11)14/h5-6,10-11H,7-9H2,1-4H3/t10-,11-,14+/m1/s1. The number of rotatable bonds is 2. The van der Waals surface area contributed by atoms with E-state index in [1.54, 1.807) is 0 Å². The van der Waals surface area contributed by atoms with Gasteiger partial charge in [-0.1, -0.05) is 19.1 Å². The number of fused-ring (bicyclic) bond motifs is 1. The largest absolute Gasteiger partial charge is 0.299 e. The molecule has 0 saturated heterocycles. The average Bonchev–Trinajstić information content (AvgIpc) is 2.48. The molecule has 0 spiro atoms. The molecule has 0 aromatic carbocycles. The highest BCUT2D eigenvalue weighted by Crippen LogP contribution is 2.48. The molecule has 0 heterocycles. The van der Waals surface area contributed by atoms with Gasteiger partial charge in [0.15, 0.2) is 0 Å². The van der Waals surface area contributed by atoms with Gasteiger partial charge in [-0.05, 0) is 33.6 Å². The highest BCUT2D eigenvalue weighted by molar-refractivity contribution is 5.88. The van der Waals surface area contributed by atoms with Gasteiger partial charge in [-0.2, -0.15) is 0 Å². The predicted octanol–water partition coefficient (Wildman–Crippen LogP) is 3.05. The summed E-state index contributed by atoms with van der Waals surface area (Å²) in [6.07, 6.45) is 6.42. The lowest BCUT2D eigenvalue weighted by molar-refractivity contribution is -0.379. The lowest BCUT2D eigenvalue weighted by Crippen LogP contribution is -2.34. The van der Waals surface area contributed by atoms with E-state index in [1.807, 2.05) is 20.8 Å². The Morgan fingerprint density at radius 3 is 2.71 bits per heavy atom. The summed E-state index contributed by atoms with van der Waals surface area (Å²) in [5.74, 6) is 0.580. The van der Waals surface area contributed by atoms with Crippen molar-refractivity contribution >= 4 is 5.78 Å². The van der Waals surface area contributed by atoms with Crippen LogP contribution in [0.2, 0.25) is 0 Å². The summed E-state index contributed by atoms with van der Waals surface area (Å²) in [4.78, 5) is 23.0. The molecule has 0 unspecified atom stereocenters. The van der Waals surface area contributed by atoms with Crippen molar-refractivity contribution in [2.45, 2.75) is 58.7 Å². The van der Waals surface area contributed by atoms with Crippen molar-refractivity contribution < 1.29 is 14.6 Å². The Kier molecular flexibility index (Phi) is 3.17. The Bertz CT molecular complexity index is 340. The van der Waals surface area contributed by atoms with Crippen LogP contribution in [0.3, 0.4) is 0 Å². The first kappa shape index (κ1) is 12.8. The van der Waals surface area contributed by atoms with Crippen LogP contribution in [0.15, 0.2) is 12.2 Å². The van der Waals surface area contributed by atoms with Gasteiger partial charge in [-0.15, -0.1) is 0 Å². The Hall–Kier alpha value is -0.670. The molecule has 2 aliphatic rings. The van der Waals surface area contributed by atoms with Crippen LogP contribution in [-0.2, 0) is 14.6 Å². The second-order valence-electron chi connectivity index (χ2n) is 6.39. The van der Waals surface area contributed by atoms with Gasteiger partial charge >= 0.3 is 0 Å². The number of hydrogen-bond acceptors (Lipinski definition) is 3. The normalized spacial score (nSPS) is 37.3. The van der Waals surface area contributed by atoms with E-state index >= 15 is 0 Å². The molecule has 0 aromatic heterocycles. The monoisotopic (exact) mass is 238 g/mol. The molecule has 2 aliphatic carbocycles. The van der Waals surface area contributed by atoms with E-state index < -0.39 is 0 Å². The summed E-state index contributed by atoms with van der Waals surface area (Å²) in [6.45, 7) is 7.90. The van der Waals surface area contributed by atoms with Crippen molar-refractivity contribution in [3.63, 3.8) is 0 Å². The Labute approximate surface area is 103 Å². The zero-order valence-electron chi connectivity index (χ0n) is 11.2. The van der Waals surface area contributed by atoms with Crippen LogP contribution in [0.4, 0.5) is 0 Å². The smallest absolute Gasteiger partial charge is 0.142 e. The SMILES string of the molecule is CC(C)(C)OO[C@@H]1CC(=O)[C@@]2(C)CC=CC[C@H]12. The van der Waals surface area contributed by atoms with E-state index in [9.17, 15) is 4.79 Å². The molecule has 0 amide bonds. The molecule has 0 radical (unpaired) electrons. The first-order valence-corrected chi connectivity index (χ1v) is 6.36. The molecule has 3 atom stereocenters. The topological polar surface area (TPSA) is 35.5 Å². The van der Waals surface area contributed by atoms with E-state index in [0.29, 0.717) is 12.2 Å². The van der Waals surface area contributed by atoms with E-state index in [1.165, 1.54) is 0 Å². The van der Waals surface area contributed by atoms with Crippen LogP contribution in [0.1, 0.15) is 47.0 Å². The summed E-state index contributed by atoms with van der Waals surface area (Å²) in [6, 6.07) is 0. The first-order valence-electron chi connectivity index (χ1n) is 6.36. The van der Waals surface area contributed by atoms with E-state index in [0.717, 1.165) is 12.8 Å². The van der Waals surface area contributed by atoms with Crippen molar-refractivity contribution in [3.8, 4) is 0 Å². The number of hydrogen-bond donors (Lipinski definition) is 0. The summed E-state index contributed by atoms with van der Waals surface area (Å²) >= 11 is 0. The zero-order valence-corrected chi connectivity index (χ0v) is 11.2. The van der Waals surface area contributed by atoms with E-state index in [2.05, 4.69) is 19.1 Å². The lowest BCUT2D eigenvalue weighted by Gasteiger charge is -2.34. The molecule has 17 heavy (non-hydrogen) atoms. The number of carbonyl (C=O) groups is 1. The van der Waals surface area contributed by atoms with Gasteiger partial charge in [0.1, 0.15) is 11.9 Å². The molecule has 1 saturated carbocycles. The van der Waals surface area contributed by atoms with Gasteiger partial charge < -0.3 is 0 Å². The fraction of sp³-hybridized carbons (Fsp3) is 0.786. The number of carbonyl (C=O) groups excluding carboxylic acids is 1. The summed E-state index contributed by atoms with van der Waals surface area (Å²) in [5.41, 5.74) is -0.562. The molecule has 2 rings (SSSR count). The number of ketones is 1. The molecule has 0 aliphatic heterocycles. The fourth-order valence-corrected chi connectivity index (χ4v) is 2.73. The molecule has 0 bridgehead atoms. The molecule has 1 fully saturated rings. The van der Waals surface area contributed by atoms with Gasteiger partial charge in [0, 0.05) is 17.8 Å². The van der Waals surface area contributed by atoms with E-state index in [4.69, 9.17) is 9.78 Å². The maximum absolute atomic E-state index is 12.1. The molecule has 3 heteroatoms. The summed E-state index contributed by atoms with van der Waals surface area (Å²) in [7, 11) is 0. The van der Waals surface area contributed by atoms with Crippen LogP contribution < -0.4 is 0 Å². The Morgan fingerprint density at radius 1 is 1.35 bits per heavy atom. The molecular formula is C14H22O3. The van der Waals surface area contributed by atoms with Crippen LogP contribution >= 0.6 is 0 Å². The van der Waals surface area contributed by atoms with Crippen LogP contribution in [-0.4, -0.2) is 17.5 Å². The molecule has 0 aromatic rings. The van der Waals surface area contributed by atoms with Gasteiger partial charge in [0.25, 0.3) is 0 Å². The fourth-order valence-electron chi connectivity index (χ4n) is 2.73. The minimum Gasteiger partial charge on any atom is -0.299 e. The van der Waals surface area contributed by atoms with Crippen molar-refractivity contribution in [3.05, 3.63) is 12.2 Å². The molecule has 96 valence electrons. The van der Waals surface area contributed by atoms with Crippen LogP contribution in [0.5, 0.6) is 0 Å². The minimum atomic E-state index is -0.327. The second-order valence-corrected chi connectivity index (χ2v) is 6.39. The lowest BCUT2D eigenvalue weighted by atomic mass is 9.71. The first-order chi connectivity index (χ1) is 7.83. The van der Waals surface area contributed by atoms with Gasteiger partial charge in [-0.3, -0.25) is 4.79 Å². The third-order valence-electron chi connectivity index (χ3n) is 3.81. The highest BCUT2D eigenvalue weighted by atomic mass is 17.2. The highest BCUT2D eigenvalue weighted by Gasteiger charge is 2.52. The molecule has 3 nitrogen and oxygen atoms in total. The van der Waals surface area contributed by atoms with E-state index in [-0.39, 0.29) is 23.0 Å². The second kappa shape index (κ2) is 4.21. The molecule has 0 N–H and O–H groups in total. The van der Waals surface area contributed by atoms with Crippen LogP contribution in [0.25, 0.3) is 0 Å². The Morgan fingerprint density at radius 2 is 2.06 bits per heavy atom. The zero-order chi connectivity index (χ0) is 12.7.